The number of hydrogen-bond donors (Lipinski definition) is 2. The van der Waals surface area contributed by atoms with Gasteiger partial charge in [-0.1, -0.05) is 72.9 Å². The van der Waals surface area contributed by atoms with Crippen LogP contribution in [0.3, 0.4) is 0 Å². The summed E-state index contributed by atoms with van der Waals surface area (Å²) in [6.45, 7) is 6.38. The number of allylic oxidation sites excluding steroid dienone is 2. The second-order valence-electron chi connectivity index (χ2n) is 15.5. The predicted octanol–water partition coefficient (Wildman–Crippen LogP) is 10.2. The summed E-state index contributed by atoms with van der Waals surface area (Å²) >= 11 is 24.4. The molecule has 10 nitrogen and oxygen atoms in total. The summed E-state index contributed by atoms with van der Waals surface area (Å²) in [5.41, 5.74) is 4.55. The van der Waals surface area contributed by atoms with Gasteiger partial charge in [-0.25, -0.2) is 9.59 Å². The van der Waals surface area contributed by atoms with E-state index in [4.69, 9.17) is 46.4 Å². The van der Waals surface area contributed by atoms with E-state index in [1.165, 1.54) is 11.1 Å². The van der Waals surface area contributed by atoms with Gasteiger partial charge in [-0.2, -0.15) is 0 Å². The molecule has 2 fully saturated rings. The standard InChI is InChI=1S/C22H29Cl2N3O2.C21H27Cl2N3O2.CH4/c1-3-21(28)27-10-8-20(9-11-27)26(2)22(29)25-19-6-4-15(5-7-19)16-12-17(23)14-18(24)13-16;1-14(27)26-9-7-20(8-10-26)25(2)21(28)24-19-5-3-15(4-6-19)16-11-17(22)13-18(23)12-16;/h4,12-14,19-20H,3,5-11H2,1-2H3,(H,25,29);3,11-13,19-20H,4-10H2,1-2H3,(H,24,28);1H4. The van der Waals surface area contributed by atoms with Gasteiger partial charge in [-0.15, -0.1) is 0 Å². The molecular weight excluding hydrogens is 818 g/mol. The van der Waals surface area contributed by atoms with Gasteiger partial charge >= 0.3 is 12.1 Å². The molecule has 2 aliphatic heterocycles. The average molecular weight is 879 g/mol. The molecule has 2 unspecified atom stereocenters. The lowest BCUT2D eigenvalue weighted by atomic mass is 9.91. The van der Waals surface area contributed by atoms with Gasteiger partial charge in [0.1, 0.15) is 0 Å². The van der Waals surface area contributed by atoms with Crippen molar-refractivity contribution in [3.63, 3.8) is 0 Å². The maximum Gasteiger partial charge on any atom is 0.317 e. The van der Waals surface area contributed by atoms with Gasteiger partial charge in [-0.3, -0.25) is 9.59 Å². The number of piperidine rings is 2. The number of amides is 6. The Morgan fingerprint density at radius 1 is 0.621 bits per heavy atom. The van der Waals surface area contributed by atoms with Gasteiger partial charge in [-0.05, 0) is 123 Å². The molecule has 0 spiro atoms. The van der Waals surface area contributed by atoms with Gasteiger partial charge in [0.15, 0.2) is 0 Å². The van der Waals surface area contributed by atoms with Crippen LogP contribution in [0.5, 0.6) is 0 Å². The quantitative estimate of drug-likeness (QED) is 0.289. The van der Waals surface area contributed by atoms with Crippen LogP contribution >= 0.6 is 46.4 Å². The van der Waals surface area contributed by atoms with Crippen molar-refractivity contribution < 1.29 is 19.2 Å². The zero-order valence-electron chi connectivity index (χ0n) is 33.5. The van der Waals surface area contributed by atoms with Crippen LogP contribution in [0.1, 0.15) is 103 Å². The number of carbonyl (C=O) groups excluding carboxylic acids is 4. The van der Waals surface area contributed by atoms with Gasteiger partial charge in [0.2, 0.25) is 11.8 Å². The lowest BCUT2D eigenvalue weighted by Gasteiger charge is -2.37. The first-order chi connectivity index (χ1) is 27.2. The first kappa shape index (κ1) is 47.2. The molecule has 2 aromatic rings. The Morgan fingerprint density at radius 2 is 0.983 bits per heavy atom. The van der Waals surface area contributed by atoms with Crippen LogP contribution in [-0.2, 0) is 9.59 Å². The number of rotatable bonds is 7. The molecule has 0 aromatic heterocycles. The molecule has 14 heteroatoms. The van der Waals surface area contributed by atoms with Crippen LogP contribution in [0.4, 0.5) is 9.59 Å². The Balaban J connectivity index is 0.000000252. The van der Waals surface area contributed by atoms with E-state index in [1.807, 2.05) is 60.0 Å². The van der Waals surface area contributed by atoms with Crippen LogP contribution in [0, 0.1) is 0 Å². The summed E-state index contributed by atoms with van der Waals surface area (Å²) in [7, 11) is 3.71. The minimum absolute atomic E-state index is 0. The van der Waals surface area contributed by atoms with Crippen molar-refractivity contribution in [2.24, 2.45) is 0 Å². The van der Waals surface area contributed by atoms with E-state index in [0.29, 0.717) is 26.5 Å². The largest absolute Gasteiger partial charge is 0.343 e. The van der Waals surface area contributed by atoms with Crippen molar-refractivity contribution in [1.29, 1.82) is 0 Å². The van der Waals surface area contributed by atoms with Gasteiger partial charge in [0.25, 0.3) is 0 Å². The highest BCUT2D eigenvalue weighted by Crippen LogP contribution is 2.32. The fraction of sp³-hybridized carbons (Fsp3) is 0.545. The van der Waals surface area contributed by atoms with Crippen molar-refractivity contribution in [1.82, 2.24) is 30.2 Å². The summed E-state index contributed by atoms with van der Waals surface area (Å²) < 4.78 is 0. The highest BCUT2D eigenvalue weighted by atomic mass is 35.5. The van der Waals surface area contributed by atoms with E-state index in [-0.39, 0.29) is 55.5 Å². The average Bonchev–Trinajstić information content (AvgIpc) is 3.20. The van der Waals surface area contributed by atoms with E-state index in [2.05, 4.69) is 22.8 Å². The van der Waals surface area contributed by atoms with E-state index >= 15 is 0 Å². The molecule has 0 radical (unpaired) electrons. The lowest BCUT2D eigenvalue weighted by molar-refractivity contribution is -0.132. The number of nitrogens with one attached hydrogen (secondary N) is 2. The normalized spacial score (nSPS) is 20.0. The Kier molecular flexibility index (Phi) is 18.1. The number of likely N-dealkylation sites (tertiary alicyclic amines) is 2. The first-order valence-corrected chi connectivity index (χ1v) is 21.6. The van der Waals surface area contributed by atoms with E-state index in [0.717, 1.165) is 102 Å². The molecule has 0 saturated carbocycles. The monoisotopic (exact) mass is 876 g/mol. The Labute approximate surface area is 365 Å². The maximum absolute atomic E-state index is 12.7. The summed E-state index contributed by atoms with van der Waals surface area (Å²) in [5, 5.41) is 8.86. The number of halogens is 4. The molecule has 2 aromatic carbocycles. The van der Waals surface area contributed by atoms with E-state index in [1.54, 1.807) is 24.0 Å². The zero-order chi connectivity index (χ0) is 41.2. The fourth-order valence-electron chi connectivity index (χ4n) is 8.11. The number of carbonyl (C=O) groups is 4. The minimum Gasteiger partial charge on any atom is -0.343 e. The Hall–Kier alpha value is -3.44. The molecule has 318 valence electrons. The number of hydrogen-bond acceptors (Lipinski definition) is 4. The van der Waals surface area contributed by atoms with Crippen LogP contribution in [0.25, 0.3) is 11.1 Å². The van der Waals surface area contributed by atoms with Crippen molar-refractivity contribution in [3.05, 3.63) is 79.8 Å². The highest BCUT2D eigenvalue weighted by Gasteiger charge is 2.30. The smallest absolute Gasteiger partial charge is 0.317 e. The van der Waals surface area contributed by atoms with Gasteiger partial charge in [0, 0.05) is 97.9 Å². The zero-order valence-corrected chi connectivity index (χ0v) is 36.5. The number of nitrogens with zero attached hydrogens (tertiary/aromatic N) is 4. The molecule has 2 atom stereocenters. The Morgan fingerprint density at radius 3 is 1.29 bits per heavy atom. The third-order valence-electron chi connectivity index (χ3n) is 11.7. The second-order valence-corrected chi connectivity index (χ2v) is 17.3. The predicted molar refractivity (Wildman–Crippen MR) is 239 cm³/mol. The molecule has 2 N–H and O–H groups in total. The molecule has 2 saturated heterocycles. The summed E-state index contributed by atoms with van der Waals surface area (Å²) in [6.07, 6.45) is 13.3. The van der Waals surface area contributed by atoms with Crippen molar-refractivity contribution in [2.45, 2.75) is 116 Å². The minimum atomic E-state index is -0.0334. The van der Waals surface area contributed by atoms with E-state index < -0.39 is 0 Å². The first-order valence-electron chi connectivity index (χ1n) is 20.1. The van der Waals surface area contributed by atoms with Crippen LogP contribution in [0.15, 0.2) is 48.6 Å². The summed E-state index contributed by atoms with van der Waals surface area (Å²) in [4.78, 5) is 56.0. The third-order valence-corrected chi connectivity index (χ3v) is 12.6. The Bertz CT molecular complexity index is 1780. The molecule has 2 heterocycles. The van der Waals surface area contributed by atoms with Crippen molar-refractivity contribution in [2.75, 3.05) is 40.3 Å². The molecule has 0 bridgehead atoms. The van der Waals surface area contributed by atoms with Crippen molar-refractivity contribution >= 4 is 81.4 Å². The van der Waals surface area contributed by atoms with Crippen molar-refractivity contribution in [3.8, 4) is 0 Å². The van der Waals surface area contributed by atoms with Gasteiger partial charge < -0.3 is 30.2 Å². The molecule has 4 aliphatic rings. The van der Waals surface area contributed by atoms with Crippen LogP contribution in [-0.4, -0.2) is 108 Å². The number of benzene rings is 2. The highest BCUT2D eigenvalue weighted by molar-refractivity contribution is 6.35. The van der Waals surface area contributed by atoms with Crippen LogP contribution < -0.4 is 10.6 Å². The van der Waals surface area contributed by atoms with E-state index in [9.17, 15) is 19.2 Å². The van der Waals surface area contributed by atoms with Crippen LogP contribution in [0.2, 0.25) is 20.1 Å². The molecule has 6 amide bonds. The topological polar surface area (TPSA) is 105 Å². The third kappa shape index (κ3) is 13.3. The molecule has 58 heavy (non-hydrogen) atoms. The molecular formula is C44H60Cl4N6O4. The fourth-order valence-corrected chi connectivity index (χ4v) is 9.16. The lowest BCUT2D eigenvalue weighted by Crippen LogP contribution is -2.51. The second kappa shape index (κ2) is 22.2. The number of urea groups is 2. The summed E-state index contributed by atoms with van der Waals surface area (Å²) in [6, 6.07) is 11.7. The van der Waals surface area contributed by atoms with Gasteiger partial charge in [0.05, 0.1) is 0 Å². The summed E-state index contributed by atoms with van der Waals surface area (Å²) in [5.74, 6) is 0.303. The molecule has 2 aliphatic carbocycles. The molecule has 6 rings (SSSR count). The SMILES string of the molecule is C.CC(=O)N1CCC(N(C)C(=O)NC2CC=C(c3cc(Cl)cc(Cl)c3)CC2)CC1.CCC(=O)N1CCC(N(C)C(=O)NC2CC=C(c3cc(Cl)cc(Cl)c3)CC2)CC1. The maximum atomic E-state index is 12.7.